The van der Waals surface area contributed by atoms with Gasteiger partial charge in [-0.15, -0.1) is 0 Å². The van der Waals surface area contributed by atoms with Gasteiger partial charge in [0.2, 0.25) is 0 Å². The lowest BCUT2D eigenvalue weighted by Gasteiger charge is -2.09. The largest absolute Gasteiger partial charge is 0.456 e. The number of nitrogens with zero attached hydrogens (tertiary/aromatic N) is 4. The zero-order chi connectivity index (χ0) is 36.5. The highest BCUT2D eigenvalue weighted by Crippen LogP contribution is 2.42. The van der Waals surface area contributed by atoms with Gasteiger partial charge < -0.3 is 13.4 Å². The van der Waals surface area contributed by atoms with Crippen molar-refractivity contribution in [2.45, 2.75) is 26.2 Å². The Morgan fingerprint density at radius 2 is 1.09 bits per heavy atom. The van der Waals surface area contributed by atoms with Crippen molar-refractivity contribution >= 4 is 65.7 Å². The minimum absolute atomic E-state index is 0.592. The number of fused-ring (bicyclic) bond motifs is 10. The molecule has 0 saturated carbocycles. The van der Waals surface area contributed by atoms with Crippen LogP contribution in [0.2, 0.25) is 0 Å². The molecule has 0 saturated heterocycles. The Morgan fingerprint density at radius 1 is 0.473 bits per heavy atom. The molecule has 6 heteroatoms. The van der Waals surface area contributed by atoms with E-state index in [0.717, 1.165) is 96.6 Å². The molecule has 6 nitrogen and oxygen atoms in total. The number of para-hydroxylation sites is 1. The second kappa shape index (κ2) is 12.5. The fourth-order valence-corrected chi connectivity index (χ4v) is 8.11. The fourth-order valence-electron chi connectivity index (χ4n) is 8.11. The molecule has 11 rings (SSSR count). The first kappa shape index (κ1) is 31.5. The van der Waals surface area contributed by atoms with Crippen LogP contribution in [0.15, 0.2) is 160 Å². The average molecular weight is 711 g/mol. The standard InChI is InChI=1S/C49H34N4O2/c1-2-3-12-30-19-26-41-40(27-30)38-24-25-39-35-17-10-11-18-42(35)55-46(39)45(38)53(41)34-21-23-37-36-22-20-33(28-43(36)54-44(37)29-34)49-51-47(31-13-6-4-7-14-31)50-48(52-49)32-15-8-5-9-16-32/h4-11,13-29H,2-3,12H2,1H3. The van der Waals surface area contributed by atoms with Crippen molar-refractivity contribution in [1.29, 1.82) is 0 Å². The second-order valence-corrected chi connectivity index (χ2v) is 14.3. The summed E-state index contributed by atoms with van der Waals surface area (Å²) in [6.07, 6.45) is 3.39. The van der Waals surface area contributed by atoms with E-state index in [4.69, 9.17) is 23.8 Å². The molecule has 0 radical (unpaired) electrons. The van der Waals surface area contributed by atoms with Crippen molar-refractivity contribution in [3.63, 3.8) is 0 Å². The normalized spacial score (nSPS) is 11.9. The van der Waals surface area contributed by atoms with Crippen LogP contribution in [0.1, 0.15) is 25.3 Å². The van der Waals surface area contributed by atoms with Gasteiger partial charge in [0.05, 0.1) is 16.7 Å². The first-order chi connectivity index (χ1) is 27.2. The summed E-state index contributed by atoms with van der Waals surface area (Å²) in [6.45, 7) is 2.24. The highest BCUT2D eigenvalue weighted by atomic mass is 16.3. The van der Waals surface area contributed by atoms with E-state index in [2.05, 4.69) is 84.3 Å². The Labute approximate surface area is 316 Å². The zero-order valence-electron chi connectivity index (χ0n) is 30.2. The molecule has 0 aliphatic carbocycles. The highest BCUT2D eigenvalue weighted by Gasteiger charge is 2.21. The summed E-state index contributed by atoms with van der Waals surface area (Å²) in [6, 6.07) is 52.5. The van der Waals surface area contributed by atoms with Gasteiger partial charge in [-0.05, 0) is 66.9 Å². The summed E-state index contributed by atoms with van der Waals surface area (Å²) >= 11 is 0. The Bertz CT molecular complexity index is 3190. The van der Waals surface area contributed by atoms with Crippen LogP contribution >= 0.6 is 0 Å². The molecular weight excluding hydrogens is 677 g/mol. The van der Waals surface area contributed by atoms with Gasteiger partial charge in [-0.3, -0.25) is 0 Å². The Morgan fingerprint density at radius 3 is 1.84 bits per heavy atom. The predicted molar refractivity (Wildman–Crippen MR) is 224 cm³/mol. The lowest BCUT2D eigenvalue weighted by atomic mass is 10.0. The van der Waals surface area contributed by atoms with Crippen LogP contribution in [-0.4, -0.2) is 19.5 Å². The van der Waals surface area contributed by atoms with Gasteiger partial charge in [-0.2, -0.15) is 0 Å². The molecule has 0 N–H and O–H groups in total. The third-order valence-corrected chi connectivity index (χ3v) is 10.8. The maximum absolute atomic E-state index is 6.70. The van der Waals surface area contributed by atoms with E-state index in [0.29, 0.717) is 17.5 Å². The van der Waals surface area contributed by atoms with Crippen molar-refractivity contribution in [2.24, 2.45) is 0 Å². The topological polar surface area (TPSA) is 69.9 Å². The summed E-state index contributed by atoms with van der Waals surface area (Å²) < 4.78 is 15.7. The lowest BCUT2D eigenvalue weighted by molar-refractivity contribution is 0.668. The third kappa shape index (κ3) is 5.13. The molecule has 55 heavy (non-hydrogen) atoms. The summed E-state index contributed by atoms with van der Waals surface area (Å²) in [4.78, 5) is 14.8. The Hall–Kier alpha value is -7.05. The summed E-state index contributed by atoms with van der Waals surface area (Å²) in [7, 11) is 0. The van der Waals surface area contributed by atoms with Crippen LogP contribution in [0, 0.1) is 0 Å². The molecule has 0 aliphatic rings. The van der Waals surface area contributed by atoms with Crippen molar-refractivity contribution in [1.82, 2.24) is 19.5 Å². The van der Waals surface area contributed by atoms with E-state index in [1.165, 1.54) is 16.3 Å². The van der Waals surface area contributed by atoms with E-state index >= 15 is 0 Å². The van der Waals surface area contributed by atoms with Gasteiger partial charge in [0.25, 0.3) is 0 Å². The quantitative estimate of drug-likeness (QED) is 0.165. The smallest absolute Gasteiger partial charge is 0.164 e. The third-order valence-electron chi connectivity index (χ3n) is 10.8. The minimum Gasteiger partial charge on any atom is -0.456 e. The lowest BCUT2D eigenvalue weighted by Crippen LogP contribution is -2.00. The molecule has 4 heterocycles. The summed E-state index contributed by atoms with van der Waals surface area (Å²) in [5.41, 5.74) is 10.6. The van der Waals surface area contributed by atoms with Gasteiger partial charge in [0, 0.05) is 55.1 Å². The predicted octanol–water partition coefficient (Wildman–Crippen LogP) is 13.1. The molecule has 0 aliphatic heterocycles. The van der Waals surface area contributed by atoms with E-state index < -0.39 is 0 Å². The van der Waals surface area contributed by atoms with Gasteiger partial charge >= 0.3 is 0 Å². The zero-order valence-corrected chi connectivity index (χ0v) is 30.2. The van der Waals surface area contributed by atoms with Gasteiger partial charge in [0.1, 0.15) is 16.7 Å². The van der Waals surface area contributed by atoms with Gasteiger partial charge in [-0.25, -0.2) is 15.0 Å². The molecule has 0 bridgehead atoms. The molecule has 0 atom stereocenters. The van der Waals surface area contributed by atoms with Crippen LogP contribution in [0.25, 0.3) is 106 Å². The highest BCUT2D eigenvalue weighted by molar-refractivity contribution is 6.21. The van der Waals surface area contributed by atoms with Crippen LogP contribution in [0.4, 0.5) is 0 Å². The maximum Gasteiger partial charge on any atom is 0.164 e. The monoisotopic (exact) mass is 710 g/mol. The van der Waals surface area contributed by atoms with Crippen LogP contribution < -0.4 is 0 Å². The first-order valence-electron chi connectivity index (χ1n) is 18.9. The number of furan rings is 2. The van der Waals surface area contributed by atoms with Crippen LogP contribution in [-0.2, 0) is 6.42 Å². The molecule has 0 fully saturated rings. The van der Waals surface area contributed by atoms with E-state index in [1.54, 1.807) is 0 Å². The number of unbranched alkanes of at least 4 members (excludes halogenated alkanes) is 1. The number of aromatic nitrogens is 4. The number of aryl methyl sites for hydroxylation is 1. The van der Waals surface area contributed by atoms with Crippen molar-refractivity contribution in [3.8, 4) is 39.9 Å². The number of hydrogen-bond donors (Lipinski definition) is 0. The first-order valence-corrected chi connectivity index (χ1v) is 18.9. The minimum atomic E-state index is 0.592. The average Bonchev–Trinajstić information content (AvgIpc) is 3.92. The van der Waals surface area contributed by atoms with E-state index in [-0.39, 0.29) is 0 Å². The van der Waals surface area contributed by atoms with Gasteiger partial charge in [-0.1, -0.05) is 110 Å². The number of benzene rings is 7. The van der Waals surface area contributed by atoms with Crippen molar-refractivity contribution in [2.75, 3.05) is 0 Å². The second-order valence-electron chi connectivity index (χ2n) is 14.3. The molecule has 262 valence electrons. The molecular formula is C49H34N4O2. The number of rotatable bonds is 7. The van der Waals surface area contributed by atoms with Crippen LogP contribution in [0.5, 0.6) is 0 Å². The molecule has 0 amide bonds. The van der Waals surface area contributed by atoms with Crippen LogP contribution in [0.3, 0.4) is 0 Å². The molecule has 7 aromatic carbocycles. The van der Waals surface area contributed by atoms with E-state index in [9.17, 15) is 0 Å². The maximum atomic E-state index is 6.70. The molecule has 11 aromatic rings. The summed E-state index contributed by atoms with van der Waals surface area (Å²) in [5, 5.41) is 6.72. The fraction of sp³-hybridized carbons (Fsp3) is 0.0816. The number of hydrogen-bond acceptors (Lipinski definition) is 5. The SMILES string of the molecule is CCCCc1ccc2c(c1)c1ccc3c4ccccc4oc3c1n2-c1ccc2c(c1)oc1cc(-c3nc(-c4ccccc4)nc(-c4ccccc4)n3)ccc12. The Kier molecular flexibility index (Phi) is 7.17. The Balaban J connectivity index is 1.09. The van der Waals surface area contributed by atoms with E-state index in [1.807, 2.05) is 78.9 Å². The summed E-state index contributed by atoms with van der Waals surface area (Å²) in [5.74, 6) is 1.84. The molecule has 4 aromatic heterocycles. The van der Waals surface area contributed by atoms with Gasteiger partial charge in [0.15, 0.2) is 23.1 Å². The molecule has 0 spiro atoms. The van der Waals surface area contributed by atoms with Crippen molar-refractivity contribution < 1.29 is 8.83 Å². The molecule has 0 unspecified atom stereocenters. The van der Waals surface area contributed by atoms with Crippen molar-refractivity contribution in [3.05, 3.63) is 157 Å².